The predicted octanol–water partition coefficient (Wildman–Crippen LogP) is 1.54. The molecule has 10 heteroatoms. The highest BCUT2D eigenvalue weighted by atomic mass is 15.4. The Morgan fingerprint density at radius 3 is 2.84 bits per heavy atom. The summed E-state index contributed by atoms with van der Waals surface area (Å²) in [5, 5.41) is 11.3. The van der Waals surface area contributed by atoms with Crippen molar-refractivity contribution in [3.63, 3.8) is 0 Å². The molecular formula is C22H26BN9. The molecule has 0 bridgehead atoms. The van der Waals surface area contributed by atoms with Gasteiger partial charge >= 0.3 is 0 Å². The van der Waals surface area contributed by atoms with Crippen LogP contribution in [0.3, 0.4) is 0 Å². The number of hydrogen-bond acceptors (Lipinski definition) is 7. The average molecular weight is 427 g/mol. The van der Waals surface area contributed by atoms with Gasteiger partial charge in [0, 0.05) is 31.4 Å². The summed E-state index contributed by atoms with van der Waals surface area (Å²) >= 11 is 0. The Bertz CT molecular complexity index is 1210. The number of hydrogen-bond donors (Lipinski definition) is 3. The summed E-state index contributed by atoms with van der Waals surface area (Å²) in [4.78, 5) is 19.6. The van der Waals surface area contributed by atoms with E-state index in [1.807, 2.05) is 30.3 Å². The predicted molar refractivity (Wildman–Crippen MR) is 128 cm³/mol. The first-order chi connectivity index (χ1) is 15.6. The van der Waals surface area contributed by atoms with Gasteiger partial charge < -0.3 is 20.5 Å². The van der Waals surface area contributed by atoms with E-state index in [9.17, 15) is 0 Å². The van der Waals surface area contributed by atoms with E-state index in [2.05, 4.69) is 44.1 Å². The lowest BCUT2D eigenvalue weighted by Crippen LogP contribution is -2.45. The third kappa shape index (κ3) is 4.05. The average Bonchev–Trinajstić information content (AvgIpc) is 3.41. The zero-order valence-corrected chi connectivity index (χ0v) is 18.1. The summed E-state index contributed by atoms with van der Waals surface area (Å²) in [5.74, 6) is 2.07. The maximum absolute atomic E-state index is 6.14. The largest absolute Gasteiger partial charge is 0.347 e. The quantitative estimate of drug-likeness (QED) is 0.304. The molecule has 0 amide bonds. The highest BCUT2D eigenvalue weighted by Gasteiger charge is 2.23. The van der Waals surface area contributed by atoms with E-state index in [0.717, 1.165) is 42.8 Å². The molecule has 1 fully saturated rings. The van der Waals surface area contributed by atoms with Gasteiger partial charge in [-0.05, 0) is 37.4 Å². The number of fused-ring (bicyclic) bond motifs is 2. The number of aromatic nitrogens is 6. The van der Waals surface area contributed by atoms with Crippen LogP contribution in [0.4, 0.5) is 11.9 Å². The van der Waals surface area contributed by atoms with Crippen molar-refractivity contribution in [2.75, 3.05) is 23.3 Å². The topological polar surface area (TPSA) is 99.1 Å². The van der Waals surface area contributed by atoms with Gasteiger partial charge in [0.05, 0.1) is 17.6 Å². The van der Waals surface area contributed by atoms with E-state index < -0.39 is 0 Å². The number of nitrogens with zero attached hydrogens (tertiary/aromatic N) is 6. The Hall–Kier alpha value is -3.40. The van der Waals surface area contributed by atoms with Crippen molar-refractivity contribution in [2.45, 2.75) is 38.4 Å². The van der Waals surface area contributed by atoms with Gasteiger partial charge in [-0.15, -0.1) is 6.58 Å². The first kappa shape index (κ1) is 20.5. The zero-order valence-electron chi connectivity index (χ0n) is 18.1. The molecule has 0 saturated carbocycles. The Morgan fingerprint density at radius 2 is 2.06 bits per heavy atom. The lowest BCUT2D eigenvalue weighted by molar-refractivity contribution is 0.397. The fourth-order valence-corrected chi connectivity index (χ4v) is 4.08. The lowest BCUT2D eigenvalue weighted by atomic mass is 10.0. The Kier molecular flexibility index (Phi) is 5.52. The summed E-state index contributed by atoms with van der Waals surface area (Å²) in [6.07, 6.45) is 5.57. The van der Waals surface area contributed by atoms with E-state index >= 15 is 0 Å². The van der Waals surface area contributed by atoms with E-state index in [4.69, 9.17) is 17.8 Å². The molecule has 1 saturated heterocycles. The highest BCUT2D eigenvalue weighted by Crippen LogP contribution is 2.20. The molecule has 4 heterocycles. The van der Waals surface area contributed by atoms with Gasteiger partial charge in [-0.1, -0.05) is 18.2 Å². The van der Waals surface area contributed by atoms with Crippen molar-refractivity contribution in [2.24, 2.45) is 0 Å². The first-order valence-electron chi connectivity index (χ1n) is 10.9. The first-order valence-corrected chi connectivity index (χ1v) is 10.9. The molecule has 0 aliphatic carbocycles. The standard InChI is InChI=1S/C22H26BN9/c1-3-14(2)26-15-8-10-31(11-9-15)22-29-20-16(23)12-25-32(20)21(30-22)24-13-19-27-17-6-4-5-7-18(17)28-19/h3-7,12,14-15,26H,1,8-11,13H2,2H3,(H,27,28)(H,24,29,30). The number of aromatic amines is 1. The smallest absolute Gasteiger partial charge is 0.230 e. The second kappa shape index (κ2) is 8.62. The number of rotatable bonds is 7. The van der Waals surface area contributed by atoms with Crippen LogP contribution in [0.2, 0.25) is 0 Å². The number of piperidine rings is 1. The number of nitrogens with one attached hydrogen (secondary N) is 3. The SMILES string of the molecule is [B]c1cnn2c(NCc3nc4ccccc4[nH]3)nc(N3CCC(NC(C)C=C)CC3)nc12. The fraction of sp³-hybridized carbons (Fsp3) is 0.364. The number of para-hydroxylation sites is 2. The van der Waals surface area contributed by atoms with Gasteiger partial charge in [-0.25, -0.2) is 4.98 Å². The number of imidazole rings is 1. The lowest BCUT2D eigenvalue weighted by Gasteiger charge is -2.33. The van der Waals surface area contributed by atoms with Crippen molar-refractivity contribution >= 4 is 41.9 Å². The van der Waals surface area contributed by atoms with Crippen LogP contribution in [-0.2, 0) is 6.54 Å². The summed E-state index contributed by atoms with van der Waals surface area (Å²) < 4.78 is 1.64. The molecule has 2 radical (unpaired) electrons. The van der Waals surface area contributed by atoms with Crippen LogP contribution < -0.4 is 21.0 Å². The number of benzene rings is 1. The van der Waals surface area contributed by atoms with Gasteiger partial charge in [-0.3, -0.25) is 0 Å². The van der Waals surface area contributed by atoms with Crippen LogP contribution in [0, 0.1) is 0 Å². The maximum atomic E-state index is 6.14. The van der Waals surface area contributed by atoms with Crippen LogP contribution in [0.25, 0.3) is 16.7 Å². The fourth-order valence-electron chi connectivity index (χ4n) is 4.08. The minimum Gasteiger partial charge on any atom is -0.347 e. The number of anilines is 2. The molecule has 4 aromatic rings. The van der Waals surface area contributed by atoms with Crippen LogP contribution in [0.15, 0.2) is 43.1 Å². The molecule has 9 nitrogen and oxygen atoms in total. The minimum absolute atomic E-state index is 0.305. The molecule has 3 aromatic heterocycles. The third-order valence-electron chi connectivity index (χ3n) is 5.87. The molecule has 1 unspecified atom stereocenters. The van der Waals surface area contributed by atoms with Crippen LogP contribution in [0.5, 0.6) is 0 Å². The zero-order chi connectivity index (χ0) is 22.1. The summed E-state index contributed by atoms with van der Waals surface area (Å²) in [5.41, 5.74) is 3.06. The molecule has 1 aromatic carbocycles. The van der Waals surface area contributed by atoms with Crippen molar-refractivity contribution in [1.82, 2.24) is 34.9 Å². The monoisotopic (exact) mass is 427 g/mol. The second-order valence-electron chi connectivity index (χ2n) is 8.19. The normalized spacial score (nSPS) is 16.0. The van der Waals surface area contributed by atoms with Crippen LogP contribution >= 0.6 is 0 Å². The maximum Gasteiger partial charge on any atom is 0.230 e. The van der Waals surface area contributed by atoms with Crippen molar-refractivity contribution in [3.05, 3.63) is 48.9 Å². The molecule has 5 rings (SSSR count). The second-order valence-corrected chi connectivity index (χ2v) is 8.19. The van der Waals surface area contributed by atoms with E-state index in [-0.39, 0.29) is 0 Å². The molecule has 1 atom stereocenters. The van der Waals surface area contributed by atoms with Gasteiger partial charge in [0.2, 0.25) is 11.9 Å². The molecule has 1 aliphatic rings. The van der Waals surface area contributed by atoms with E-state index in [1.54, 1.807) is 10.7 Å². The third-order valence-corrected chi connectivity index (χ3v) is 5.87. The van der Waals surface area contributed by atoms with E-state index in [0.29, 0.717) is 41.6 Å². The summed E-state index contributed by atoms with van der Waals surface area (Å²) in [6.45, 7) is 8.20. The minimum atomic E-state index is 0.305. The van der Waals surface area contributed by atoms with Crippen molar-refractivity contribution in [3.8, 4) is 0 Å². The van der Waals surface area contributed by atoms with Gasteiger partial charge in [0.25, 0.3) is 0 Å². The molecule has 3 N–H and O–H groups in total. The molecule has 162 valence electrons. The Balaban J connectivity index is 1.35. The molecular weight excluding hydrogens is 401 g/mol. The van der Waals surface area contributed by atoms with Crippen LogP contribution in [-0.4, -0.2) is 62.6 Å². The highest BCUT2D eigenvalue weighted by molar-refractivity contribution is 6.36. The molecule has 32 heavy (non-hydrogen) atoms. The number of H-pyrrole nitrogens is 1. The van der Waals surface area contributed by atoms with Gasteiger partial charge in [0.15, 0.2) is 5.65 Å². The Morgan fingerprint density at radius 1 is 1.25 bits per heavy atom. The van der Waals surface area contributed by atoms with Crippen molar-refractivity contribution in [1.29, 1.82) is 0 Å². The van der Waals surface area contributed by atoms with Crippen molar-refractivity contribution < 1.29 is 0 Å². The summed E-state index contributed by atoms with van der Waals surface area (Å²) in [7, 11) is 6.14. The Labute approximate surface area is 187 Å². The molecule has 1 aliphatic heterocycles. The van der Waals surface area contributed by atoms with Crippen LogP contribution in [0.1, 0.15) is 25.6 Å². The van der Waals surface area contributed by atoms with Gasteiger partial charge in [0.1, 0.15) is 13.7 Å². The van der Waals surface area contributed by atoms with E-state index in [1.165, 1.54) is 0 Å². The summed E-state index contributed by atoms with van der Waals surface area (Å²) in [6, 6.07) is 8.73. The molecule has 0 spiro atoms. The van der Waals surface area contributed by atoms with Gasteiger partial charge in [-0.2, -0.15) is 19.6 Å².